The highest BCUT2D eigenvalue weighted by molar-refractivity contribution is 6.30. The second-order valence-electron chi connectivity index (χ2n) is 3.25. The van der Waals surface area contributed by atoms with E-state index in [2.05, 4.69) is 5.10 Å². The first-order chi connectivity index (χ1) is 7.69. The van der Waals surface area contributed by atoms with Gasteiger partial charge < -0.3 is 4.74 Å². The summed E-state index contributed by atoms with van der Waals surface area (Å²) in [4.78, 5) is 10.8. The van der Waals surface area contributed by atoms with Crippen LogP contribution in [-0.4, -0.2) is 16.1 Å². The van der Waals surface area contributed by atoms with Gasteiger partial charge in [0.1, 0.15) is 5.75 Å². The third kappa shape index (κ3) is 2.23. The summed E-state index contributed by atoms with van der Waals surface area (Å²) in [6.45, 7) is 0. The predicted molar refractivity (Wildman–Crippen MR) is 60.1 cm³/mol. The number of hydrogen-bond donors (Lipinski definition) is 0. The third-order valence-corrected chi connectivity index (χ3v) is 2.24. The van der Waals surface area contributed by atoms with E-state index in [1.165, 1.54) is 0 Å². The summed E-state index contributed by atoms with van der Waals surface area (Å²) in [5.41, 5.74) is 0.413. The van der Waals surface area contributed by atoms with Crippen molar-refractivity contribution in [3.8, 4) is 11.5 Å². The summed E-state index contributed by atoms with van der Waals surface area (Å²) in [6, 6.07) is 4.87. The maximum atomic E-state index is 10.8. The van der Waals surface area contributed by atoms with Gasteiger partial charge in [0.2, 0.25) is 0 Å². The first-order valence-electron chi connectivity index (χ1n) is 4.60. The van der Waals surface area contributed by atoms with Crippen LogP contribution in [0.1, 0.15) is 10.4 Å². The van der Waals surface area contributed by atoms with E-state index < -0.39 is 0 Å². The number of carbonyl (C=O) groups is 1. The number of rotatable bonds is 3. The van der Waals surface area contributed by atoms with Gasteiger partial charge in [0.25, 0.3) is 0 Å². The van der Waals surface area contributed by atoms with Gasteiger partial charge in [-0.3, -0.25) is 9.48 Å². The molecule has 0 radical (unpaired) electrons. The quantitative estimate of drug-likeness (QED) is 0.770. The minimum Gasteiger partial charge on any atom is -0.453 e. The molecule has 1 aromatic heterocycles. The molecular formula is C11H9ClN2O2. The van der Waals surface area contributed by atoms with Crippen LogP contribution in [0.3, 0.4) is 0 Å². The Morgan fingerprint density at radius 3 is 2.94 bits per heavy atom. The smallest absolute Gasteiger partial charge is 0.165 e. The standard InChI is InChI=1S/C11H9ClN2O2/c1-14-6-10(5-13-14)16-11-3-2-9(12)4-8(11)7-15/h2-7H,1H3. The van der Waals surface area contributed by atoms with Crippen LogP contribution >= 0.6 is 11.6 Å². The van der Waals surface area contributed by atoms with Crippen molar-refractivity contribution >= 4 is 17.9 Å². The van der Waals surface area contributed by atoms with Crippen molar-refractivity contribution in [2.45, 2.75) is 0 Å². The Balaban J connectivity index is 2.30. The predicted octanol–water partition coefficient (Wildman–Crippen LogP) is 2.68. The third-order valence-electron chi connectivity index (χ3n) is 2.01. The molecule has 82 valence electrons. The van der Waals surface area contributed by atoms with Gasteiger partial charge in [0.15, 0.2) is 12.0 Å². The van der Waals surface area contributed by atoms with Gasteiger partial charge in [0.05, 0.1) is 18.0 Å². The largest absolute Gasteiger partial charge is 0.453 e. The van der Waals surface area contributed by atoms with E-state index in [9.17, 15) is 4.79 Å². The van der Waals surface area contributed by atoms with Gasteiger partial charge in [-0.15, -0.1) is 0 Å². The van der Waals surface area contributed by atoms with Crippen LogP contribution < -0.4 is 4.74 Å². The van der Waals surface area contributed by atoms with Crippen molar-refractivity contribution in [2.24, 2.45) is 7.05 Å². The van der Waals surface area contributed by atoms with Crippen LogP contribution in [0.4, 0.5) is 0 Å². The Labute approximate surface area is 97.4 Å². The molecule has 0 aliphatic carbocycles. The molecule has 0 spiro atoms. The fraction of sp³-hybridized carbons (Fsp3) is 0.0909. The lowest BCUT2D eigenvalue weighted by molar-refractivity contribution is 0.112. The summed E-state index contributed by atoms with van der Waals surface area (Å²) in [5.74, 6) is 1.04. The number of aromatic nitrogens is 2. The molecule has 0 saturated carbocycles. The maximum absolute atomic E-state index is 10.8. The highest BCUT2D eigenvalue weighted by Crippen LogP contribution is 2.26. The van der Waals surface area contributed by atoms with Crippen LogP contribution in [0.2, 0.25) is 5.02 Å². The molecule has 0 atom stereocenters. The number of halogens is 1. The number of nitrogens with zero attached hydrogens (tertiary/aromatic N) is 2. The Bertz CT molecular complexity index is 522. The van der Waals surface area contributed by atoms with Gasteiger partial charge in [-0.05, 0) is 18.2 Å². The summed E-state index contributed by atoms with van der Waals surface area (Å²) in [7, 11) is 1.79. The minimum absolute atomic E-state index is 0.413. The van der Waals surface area contributed by atoms with E-state index >= 15 is 0 Å². The van der Waals surface area contributed by atoms with E-state index in [0.29, 0.717) is 28.4 Å². The molecule has 1 heterocycles. The van der Waals surface area contributed by atoms with Crippen LogP contribution in [0.15, 0.2) is 30.6 Å². The van der Waals surface area contributed by atoms with E-state index in [1.54, 1.807) is 42.3 Å². The molecule has 0 amide bonds. The van der Waals surface area contributed by atoms with Crippen molar-refractivity contribution in [1.29, 1.82) is 0 Å². The Kier molecular flexibility index (Phi) is 2.92. The van der Waals surface area contributed by atoms with E-state index in [1.807, 2.05) is 0 Å². The fourth-order valence-electron chi connectivity index (χ4n) is 1.28. The van der Waals surface area contributed by atoms with E-state index in [0.717, 1.165) is 0 Å². The molecule has 0 saturated heterocycles. The van der Waals surface area contributed by atoms with Crippen LogP contribution in [-0.2, 0) is 7.05 Å². The van der Waals surface area contributed by atoms with E-state index in [-0.39, 0.29) is 0 Å². The highest BCUT2D eigenvalue weighted by atomic mass is 35.5. The number of aldehydes is 1. The van der Waals surface area contributed by atoms with Gasteiger partial charge in [-0.1, -0.05) is 11.6 Å². The monoisotopic (exact) mass is 236 g/mol. The van der Waals surface area contributed by atoms with Crippen molar-refractivity contribution in [3.05, 3.63) is 41.2 Å². The summed E-state index contributed by atoms with van der Waals surface area (Å²) in [6.07, 6.45) is 3.99. The number of carbonyl (C=O) groups excluding carboxylic acids is 1. The number of ether oxygens (including phenoxy) is 1. The first-order valence-corrected chi connectivity index (χ1v) is 4.98. The van der Waals surface area contributed by atoms with Gasteiger partial charge >= 0.3 is 0 Å². The average molecular weight is 237 g/mol. The van der Waals surface area contributed by atoms with Crippen molar-refractivity contribution < 1.29 is 9.53 Å². The van der Waals surface area contributed by atoms with Crippen molar-refractivity contribution in [2.75, 3.05) is 0 Å². The molecule has 0 bridgehead atoms. The molecule has 2 aromatic rings. The molecular weight excluding hydrogens is 228 g/mol. The summed E-state index contributed by atoms with van der Waals surface area (Å²) >= 11 is 5.77. The second-order valence-corrected chi connectivity index (χ2v) is 3.69. The van der Waals surface area contributed by atoms with Crippen LogP contribution in [0, 0.1) is 0 Å². The number of aryl methyl sites for hydroxylation is 1. The lowest BCUT2D eigenvalue weighted by Gasteiger charge is -2.05. The number of hydrogen-bond acceptors (Lipinski definition) is 3. The summed E-state index contributed by atoms with van der Waals surface area (Å²) in [5, 5.41) is 4.46. The Hall–Kier alpha value is -1.81. The Morgan fingerprint density at radius 2 is 2.31 bits per heavy atom. The molecule has 0 unspecified atom stereocenters. The van der Waals surface area contributed by atoms with Gasteiger partial charge in [-0.25, -0.2) is 0 Å². The van der Waals surface area contributed by atoms with Gasteiger partial charge in [0, 0.05) is 12.1 Å². The summed E-state index contributed by atoms with van der Waals surface area (Å²) < 4.78 is 7.12. The van der Waals surface area contributed by atoms with Crippen LogP contribution in [0.5, 0.6) is 11.5 Å². The zero-order valence-electron chi connectivity index (χ0n) is 8.55. The molecule has 0 aliphatic heterocycles. The normalized spacial score (nSPS) is 10.1. The van der Waals surface area contributed by atoms with Crippen LogP contribution in [0.25, 0.3) is 0 Å². The SMILES string of the molecule is Cn1cc(Oc2ccc(Cl)cc2C=O)cn1. The molecule has 0 aliphatic rings. The molecule has 2 rings (SSSR count). The minimum atomic E-state index is 0.413. The number of benzene rings is 1. The zero-order chi connectivity index (χ0) is 11.5. The molecule has 5 heteroatoms. The second kappa shape index (κ2) is 4.37. The molecule has 1 aromatic carbocycles. The molecule has 0 fully saturated rings. The maximum Gasteiger partial charge on any atom is 0.165 e. The molecule has 16 heavy (non-hydrogen) atoms. The highest BCUT2D eigenvalue weighted by Gasteiger charge is 2.06. The lowest BCUT2D eigenvalue weighted by Crippen LogP contribution is -1.89. The van der Waals surface area contributed by atoms with E-state index in [4.69, 9.17) is 16.3 Å². The zero-order valence-corrected chi connectivity index (χ0v) is 9.31. The molecule has 4 nitrogen and oxygen atoms in total. The fourth-order valence-corrected chi connectivity index (χ4v) is 1.46. The van der Waals surface area contributed by atoms with Crippen molar-refractivity contribution in [1.82, 2.24) is 9.78 Å². The average Bonchev–Trinajstić information content (AvgIpc) is 2.67. The van der Waals surface area contributed by atoms with Gasteiger partial charge in [-0.2, -0.15) is 5.10 Å². The Morgan fingerprint density at radius 1 is 1.50 bits per heavy atom. The topological polar surface area (TPSA) is 44.1 Å². The van der Waals surface area contributed by atoms with Crippen molar-refractivity contribution in [3.63, 3.8) is 0 Å². The lowest BCUT2D eigenvalue weighted by atomic mass is 10.2. The first kappa shape index (κ1) is 10.7. The molecule has 0 N–H and O–H groups in total.